The number of nitrogens with two attached hydrogens (primary N) is 1. The molecule has 0 spiro atoms. The van der Waals surface area contributed by atoms with Gasteiger partial charge in [0.15, 0.2) is 11.3 Å². The first-order valence-electron chi connectivity index (χ1n) is 10.4. The Bertz CT molecular complexity index is 1460. The Morgan fingerprint density at radius 2 is 1.74 bits per heavy atom. The maximum atomic E-state index is 12.3. The summed E-state index contributed by atoms with van der Waals surface area (Å²) in [5.41, 5.74) is 7.09. The van der Waals surface area contributed by atoms with E-state index in [0.29, 0.717) is 46.2 Å². The molecule has 0 aliphatic rings. The number of nitrogens with one attached hydrogen (secondary N) is 5. The van der Waals surface area contributed by atoms with E-state index in [-0.39, 0.29) is 23.8 Å². The van der Waals surface area contributed by atoms with Crippen molar-refractivity contribution in [3.63, 3.8) is 0 Å². The predicted octanol–water partition coefficient (Wildman–Crippen LogP) is 3.20. The molecule has 0 radical (unpaired) electrons. The standard InChI is InChI=1S/C22H20ClN7O5/c23-11-4-6-12(7-5-11)26-21(33)30-20-18(19(24)32)28-16(29-20)2-1-3-17(31)25-13-8-9-14-15(10-13)35-22(34)27-14/h4-10H,1-3H2,(H2,24,32)(H,25,31)(H,27,34)(H,28,29)(H2,26,30,33). The van der Waals surface area contributed by atoms with Crippen molar-refractivity contribution in [2.75, 3.05) is 16.0 Å². The van der Waals surface area contributed by atoms with Crippen LogP contribution in [0.5, 0.6) is 0 Å². The van der Waals surface area contributed by atoms with Gasteiger partial charge in [0.05, 0.1) is 5.52 Å². The van der Waals surface area contributed by atoms with E-state index in [9.17, 15) is 19.2 Å². The van der Waals surface area contributed by atoms with Crippen LogP contribution in [-0.4, -0.2) is 32.8 Å². The van der Waals surface area contributed by atoms with Crippen LogP contribution in [0.4, 0.5) is 22.0 Å². The number of urea groups is 1. The van der Waals surface area contributed by atoms with E-state index in [2.05, 4.69) is 30.9 Å². The van der Waals surface area contributed by atoms with Crippen LogP contribution >= 0.6 is 11.6 Å². The van der Waals surface area contributed by atoms with Gasteiger partial charge in [-0.05, 0) is 42.8 Å². The summed E-state index contributed by atoms with van der Waals surface area (Å²) in [6, 6.07) is 10.7. The van der Waals surface area contributed by atoms with Crippen LogP contribution in [-0.2, 0) is 11.2 Å². The zero-order chi connectivity index (χ0) is 24.9. The second kappa shape index (κ2) is 10.1. The molecule has 0 unspecified atom stereocenters. The first-order valence-corrected chi connectivity index (χ1v) is 10.8. The van der Waals surface area contributed by atoms with Gasteiger partial charge in [-0.2, -0.15) is 0 Å². The van der Waals surface area contributed by atoms with Crippen LogP contribution in [0.15, 0.2) is 51.7 Å². The Labute approximate surface area is 202 Å². The molecule has 0 saturated carbocycles. The number of anilines is 3. The summed E-state index contributed by atoms with van der Waals surface area (Å²) in [7, 11) is 0. The highest BCUT2D eigenvalue weighted by atomic mass is 35.5. The first-order chi connectivity index (χ1) is 16.8. The second-order valence-corrected chi connectivity index (χ2v) is 7.92. The molecule has 0 bridgehead atoms. The average Bonchev–Trinajstić information content (AvgIpc) is 3.37. The molecule has 4 amide bonds. The number of aromatic nitrogens is 3. The Hall–Kier alpha value is -4.58. The molecule has 0 saturated heterocycles. The summed E-state index contributed by atoms with van der Waals surface area (Å²) in [5, 5.41) is 8.35. The fourth-order valence-electron chi connectivity index (χ4n) is 3.28. The third-order valence-corrected chi connectivity index (χ3v) is 5.10. The average molecular weight is 498 g/mol. The molecule has 13 heteroatoms. The Kier molecular flexibility index (Phi) is 6.83. The molecule has 0 aliphatic heterocycles. The van der Waals surface area contributed by atoms with E-state index in [1.54, 1.807) is 42.5 Å². The van der Waals surface area contributed by atoms with E-state index in [1.807, 2.05) is 0 Å². The number of oxazole rings is 1. The number of imidazole rings is 1. The molecule has 4 aromatic rings. The predicted molar refractivity (Wildman–Crippen MR) is 130 cm³/mol. The number of aromatic amines is 2. The molecule has 0 aliphatic carbocycles. The first kappa shape index (κ1) is 23.6. The van der Waals surface area contributed by atoms with Crippen LogP contribution < -0.4 is 27.4 Å². The number of rotatable bonds is 8. The molecule has 12 nitrogen and oxygen atoms in total. The minimum atomic E-state index is -0.821. The van der Waals surface area contributed by atoms with Gasteiger partial charge in [0, 0.05) is 35.3 Å². The Morgan fingerprint density at radius 1 is 1.00 bits per heavy atom. The lowest BCUT2D eigenvalue weighted by molar-refractivity contribution is -0.116. The van der Waals surface area contributed by atoms with Gasteiger partial charge >= 0.3 is 11.8 Å². The van der Waals surface area contributed by atoms with Crippen LogP contribution in [0.1, 0.15) is 29.2 Å². The summed E-state index contributed by atoms with van der Waals surface area (Å²) >= 11 is 5.83. The number of aryl methyl sites for hydroxylation is 1. The van der Waals surface area contributed by atoms with Gasteiger partial charge in [-0.1, -0.05) is 11.6 Å². The lowest BCUT2D eigenvalue weighted by Crippen LogP contribution is -2.22. The van der Waals surface area contributed by atoms with Crippen molar-refractivity contribution in [3.8, 4) is 0 Å². The van der Waals surface area contributed by atoms with Crippen LogP contribution in [0.3, 0.4) is 0 Å². The molecule has 2 aromatic carbocycles. The second-order valence-electron chi connectivity index (χ2n) is 7.48. The molecule has 35 heavy (non-hydrogen) atoms. The molecule has 0 fully saturated rings. The third kappa shape index (κ3) is 6.06. The smallest absolute Gasteiger partial charge is 0.408 e. The molecular weight excluding hydrogens is 478 g/mol. The van der Waals surface area contributed by atoms with E-state index in [4.69, 9.17) is 21.8 Å². The van der Waals surface area contributed by atoms with Crippen molar-refractivity contribution in [2.24, 2.45) is 5.73 Å². The molecular formula is C22H20ClN7O5. The third-order valence-electron chi connectivity index (χ3n) is 4.85. The number of halogens is 1. The van der Waals surface area contributed by atoms with Gasteiger partial charge < -0.3 is 25.8 Å². The molecule has 2 heterocycles. The highest BCUT2D eigenvalue weighted by Gasteiger charge is 2.17. The zero-order valence-electron chi connectivity index (χ0n) is 18.1. The zero-order valence-corrected chi connectivity index (χ0v) is 18.9. The molecule has 2 aromatic heterocycles. The maximum absolute atomic E-state index is 12.3. The summed E-state index contributed by atoms with van der Waals surface area (Å²) in [6.45, 7) is 0. The number of benzene rings is 2. The quantitative estimate of drug-likeness (QED) is 0.216. The number of hydrogen-bond donors (Lipinski definition) is 6. The summed E-state index contributed by atoms with van der Waals surface area (Å²) < 4.78 is 4.97. The highest BCUT2D eigenvalue weighted by Crippen LogP contribution is 2.18. The van der Waals surface area contributed by atoms with Crippen molar-refractivity contribution in [2.45, 2.75) is 19.3 Å². The Balaban J connectivity index is 1.32. The number of primary amides is 1. The fraction of sp³-hybridized carbons (Fsp3) is 0.136. The molecule has 4 rings (SSSR count). The minimum absolute atomic E-state index is 0.0460. The summed E-state index contributed by atoms with van der Waals surface area (Å²) in [4.78, 5) is 57.0. The van der Waals surface area contributed by atoms with Gasteiger partial charge in [0.25, 0.3) is 5.91 Å². The minimum Gasteiger partial charge on any atom is -0.408 e. The number of hydrogen-bond acceptors (Lipinski definition) is 6. The lowest BCUT2D eigenvalue weighted by Gasteiger charge is -2.07. The Morgan fingerprint density at radius 3 is 2.49 bits per heavy atom. The number of amides is 4. The van der Waals surface area contributed by atoms with Crippen molar-refractivity contribution in [1.29, 1.82) is 0 Å². The topological polar surface area (TPSA) is 188 Å². The van der Waals surface area contributed by atoms with Gasteiger partial charge in [-0.15, -0.1) is 0 Å². The number of H-pyrrole nitrogens is 2. The lowest BCUT2D eigenvalue weighted by atomic mass is 10.2. The van der Waals surface area contributed by atoms with E-state index < -0.39 is 17.7 Å². The number of nitrogens with zero attached hydrogens (tertiary/aromatic N) is 1. The van der Waals surface area contributed by atoms with Crippen LogP contribution in [0.2, 0.25) is 5.02 Å². The maximum Gasteiger partial charge on any atom is 0.417 e. The molecule has 7 N–H and O–H groups in total. The van der Waals surface area contributed by atoms with Crippen LogP contribution in [0, 0.1) is 0 Å². The van der Waals surface area contributed by atoms with Crippen LogP contribution in [0.25, 0.3) is 11.1 Å². The van der Waals surface area contributed by atoms with E-state index >= 15 is 0 Å². The van der Waals surface area contributed by atoms with Crippen molar-refractivity contribution >= 4 is 57.7 Å². The largest absolute Gasteiger partial charge is 0.417 e. The SMILES string of the molecule is NC(=O)c1nc(CCCC(=O)Nc2ccc3[nH]c(=O)oc3c2)[nH]c1NC(=O)Nc1ccc(Cl)cc1. The van der Waals surface area contributed by atoms with Crippen molar-refractivity contribution < 1.29 is 18.8 Å². The van der Waals surface area contributed by atoms with Gasteiger partial charge in [-0.25, -0.2) is 14.6 Å². The van der Waals surface area contributed by atoms with E-state index in [0.717, 1.165) is 0 Å². The number of carbonyl (C=O) groups is 3. The van der Waals surface area contributed by atoms with Gasteiger partial charge in [-0.3, -0.25) is 19.9 Å². The monoisotopic (exact) mass is 497 g/mol. The fourth-order valence-corrected chi connectivity index (χ4v) is 3.41. The number of fused-ring (bicyclic) bond motifs is 1. The van der Waals surface area contributed by atoms with Gasteiger partial charge in [0.2, 0.25) is 5.91 Å². The van der Waals surface area contributed by atoms with Crippen molar-refractivity contribution in [3.05, 3.63) is 69.6 Å². The summed E-state index contributed by atoms with van der Waals surface area (Å²) in [6.07, 6.45) is 0.872. The molecule has 0 atom stereocenters. The highest BCUT2D eigenvalue weighted by molar-refractivity contribution is 6.30. The van der Waals surface area contributed by atoms with Gasteiger partial charge in [0.1, 0.15) is 11.6 Å². The van der Waals surface area contributed by atoms with Crippen molar-refractivity contribution in [1.82, 2.24) is 15.0 Å². The normalized spacial score (nSPS) is 10.8. The summed E-state index contributed by atoms with van der Waals surface area (Å²) in [5.74, 6) is -1.23. The number of carbonyl (C=O) groups excluding carboxylic acids is 3. The molecule has 180 valence electrons. The van der Waals surface area contributed by atoms with E-state index in [1.165, 1.54) is 0 Å².